The number of hydrogen-bond donors (Lipinski definition) is 2. The summed E-state index contributed by atoms with van der Waals surface area (Å²) in [5.74, 6) is 4.83. The second-order valence-corrected chi connectivity index (χ2v) is 14.8. The molecule has 0 fully saturated rings. The Morgan fingerprint density at radius 1 is 0.708 bits per heavy atom. The van der Waals surface area contributed by atoms with Crippen LogP contribution in [-0.4, -0.2) is 41.4 Å². The normalized spacial score (nSPS) is 16.2. The summed E-state index contributed by atoms with van der Waals surface area (Å²) in [4.78, 5) is 27.8. The molecular weight excluding hydrogens is 613 g/mol. The lowest BCUT2D eigenvalue weighted by Gasteiger charge is -2.13. The highest BCUT2D eigenvalue weighted by Gasteiger charge is 2.26. The number of benzene rings is 1. The van der Waals surface area contributed by atoms with Gasteiger partial charge in [0.25, 0.3) is 0 Å². The van der Waals surface area contributed by atoms with E-state index in [0.717, 1.165) is 35.7 Å². The maximum atomic E-state index is 4.28. The third kappa shape index (κ3) is 8.24. The first-order valence-electron chi connectivity index (χ1n) is 17.2. The van der Waals surface area contributed by atoms with Gasteiger partial charge in [0.15, 0.2) is 0 Å². The van der Waals surface area contributed by atoms with Crippen molar-refractivity contribution in [3.63, 3.8) is 0 Å². The third-order valence-corrected chi connectivity index (χ3v) is 10.3. The summed E-state index contributed by atoms with van der Waals surface area (Å²) in [5, 5.41) is 8.11. The van der Waals surface area contributed by atoms with Crippen molar-refractivity contribution in [3.05, 3.63) is 101 Å². The molecular formula is C39H50N8S. The highest BCUT2D eigenvalue weighted by molar-refractivity contribution is 7.17. The first kappa shape index (κ1) is 35.1. The molecule has 2 aliphatic rings. The van der Waals surface area contributed by atoms with E-state index in [0.29, 0.717) is 29.6 Å². The molecule has 0 bridgehead atoms. The molecule has 48 heavy (non-hydrogen) atoms. The van der Waals surface area contributed by atoms with Gasteiger partial charge >= 0.3 is 0 Å². The van der Waals surface area contributed by atoms with Crippen LogP contribution < -0.4 is 5.32 Å². The molecule has 1 aliphatic heterocycles. The fourth-order valence-corrected chi connectivity index (χ4v) is 7.62. The number of nitrogens with one attached hydrogen (secondary N) is 2. The number of anilines is 1. The van der Waals surface area contributed by atoms with E-state index in [1.807, 2.05) is 36.1 Å². The largest absolute Gasteiger partial charge is 0.369 e. The number of fused-ring (bicyclic) bond motifs is 4. The van der Waals surface area contributed by atoms with Crippen LogP contribution in [0, 0.1) is 11.8 Å². The molecule has 2 unspecified atom stereocenters. The number of aromatic amines is 1. The summed E-state index contributed by atoms with van der Waals surface area (Å²) in [5.41, 5.74) is 7.61. The molecule has 2 atom stereocenters. The molecule has 1 aromatic carbocycles. The smallest absolute Gasteiger partial charge is 0.140 e. The van der Waals surface area contributed by atoms with E-state index < -0.39 is 0 Å². The Kier molecular flexibility index (Phi) is 11.9. The van der Waals surface area contributed by atoms with Gasteiger partial charge in [0, 0.05) is 58.6 Å². The van der Waals surface area contributed by atoms with E-state index in [1.165, 1.54) is 44.5 Å². The molecule has 9 heteroatoms. The van der Waals surface area contributed by atoms with E-state index in [-0.39, 0.29) is 0 Å². The van der Waals surface area contributed by atoms with Crippen molar-refractivity contribution in [3.8, 4) is 0 Å². The molecule has 0 radical (unpaired) electrons. The molecule has 1 aliphatic carbocycles. The summed E-state index contributed by atoms with van der Waals surface area (Å²) in [6.07, 6.45) is 15.0. The first-order chi connectivity index (χ1) is 23.2. The predicted octanol–water partition coefficient (Wildman–Crippen LogP) is 9.91. The molecule has 5 aromatic heterocycles. The second-order valence-electron chi connectivity index (χ2n) is 13.9. The molecule has 0 amide bonds. The molecule has 6 aromatic rings. The molecule has 8 rings (SSSR count). The van der Waals surface area contributed by atoms with Crippen LogP contribution in [0.3, 0.4) is 0 Å². The minimum Gasteiger partial charge on any atom is -0.369 e. The second kappa shape index (κ2) is 16.2. The van der Waals surface area contributed by atoms with E-state index in [9.17, 15) is 0 Å². The van der Waals surface area contributed by atoms with Crippen LogP contribution in [0.25, 0.3) is 21.1 Å². The van der Waals surface area contributed by atoms with Crippen LogP contribution in [-0.2, 0) is 6.42 Å². The van der Waals surface area contributed by atoms with Crippen LogP contribution in [0.4, 0.5) is 5.82 Å². The highest BCUT2D eigenvalue weighted by Crippen LogP contribution is 2.36. The van der Waals surface area contributed by atoms with Gasteiger partial charge in [-0.3, -0.25) is 0 Å². The fourth-order valence-electron chi connectivity index (χ4n) is 6.50. The summed E-state index contributed by atoms with van der Waals surface area (Å²) in [7, 11) is 0. The number of H-pyrrole nitrogens is 1. The van der Waals surface area contributed by atoms with Crippen LogP contribution in [0.1, 0.15) is 113 Å². The fraction of sp³-hybridized carbons (Fsp3) is 0.436. The Morgan fingerprint density at radius 2 is 1.38 bits per heavy atom. The summed E-state index contributed by atoms with van der Waals surface area (Å²) in [6, 6.07) is 8.61. The van der Waals surface area contributed by atoms with Gasteiger partial charge in [0.1, 0.15) is 30.4 Å². The third-order valence-electron chi connectivity index (χ3n) is 9.30. The average Bonchev–Trinajstić information content (AvgIpc) is 3.89. The molecule has 6 heterocycles. The minimum absolute atomic E-state index is 0.518. The Labute approximate surface area is 289 Å². The van der Waals surface area contributed by atoms with Crippen LogP contribution in [0.5, 0.6) is 0 Å². The van der Waals surface area contributed by atoms with Crippen molar-refractivity contribution in [1.29, 1.82) is 0 Å². The van der Waals surface area contributed by atoms with Gasteiger partial charge in [-0.15, -0.1) is 11.3 Å². The zero-order valence-electron chi connectivity index (χ0n) is 29.6. The standard InChI is InChI=1S/C11H12S.C10H14N2.C9H13N3.C9H11N3/c1-8(2)10-7-12-11-6-4-3-5-9(10)11;1-7(2)8-3-4-10-9(8)5-11-6-12-10;2*1-6(2)7-4-11-9-8(7)3-10-5-12-9/h3-8H,1-2H3;5-8H,3-4H2,1-2H3;3,5-7H,4H2,1-2H3,(H,10,11,12);3-6H,1-2H3,(H,10,11,12). The Bertz CT molecular complexity index is 1750. The van der Waals surface area contributed by atoms with Gasteiger partial charge in [-0.05, 0) is 76.0 Å². The van der Waals surface area contributed by atoms with Crippen molar-refractivity contribution in [2.24, 2.45) is 11.8 Å². The van der Waals surface area contributed by atoms with Crippen molar-refractivity contribution in [2.75, 3.05) is 11.9 Å². The van der Waals surface area contributed by atoms with Crippen LogP contribution in [0.15, 0.2) is 73.4 Å². The maximum absolute atomic E-state index is 4.28. The van der Waals surface area contributed by atoms with Gasteiger partial charge < -0.3 is 10.3 Å². The van der Waals surface area contributed by atoms with Gasteiger partial charge in [-0.25, -0.2) is 29.9 Å². The number of aryl methyl sites for hydroxylation is 1. The van der Waals surface area contributed by atoms with E-state index in [4.69, 9.17) is 0 Å². The predicted molar refractivity (Wildman–Crippen MR) is 200 cm³/mol. The van der Waals surface area contributed by atoms with Gasteiger partial charge in [-0.1, -0.05) is 73.6 Å². The lowest BCUT2D eigenvalue weighted by Crippen LogP contribution is -2.08. The molecule has 0 saturated carbocycles. The Balaban J connectivity index is 0.000000125. The topological polar surface area (TPSA) is 105 Å². The number of rotatable bonds is 4. The molecule has 8 nitrogen and oxygen atoms in total. The zero-order valence-corrected chi connectivity index (χ0v) is 30.4. The Hall–Kier alpha value is -4.24. The number of hydrogen-bond acceptors (Lipinski definition) is 8. The maximum Gasteiger partial charge on any atom is 0.140 e. The van der Waals surface area contributed by atoms with Crippen LogP contribution >= 0.6 is 11.3 Å². The summed E-state index contributed by atoms with van der Waals surface area (Å²) < 4.78 is 1.40. The number of nitrogens with zero attached hydrogens (tertiary/aromatic N) is 6. The van der Waals surface area contributed by atoms with E-state index in [2.05, 4.69) is 125 Å². The SMILES string of the molecule is CC(C)C1CCc2ncncc21.CC(C)C1CNc2ncncc21.CC(C)c1c[nH]c2ncncc12.CC(C)c1csc2ccccc12. The highest BCUT2D eigenvalue weighted by atomic mass is 32.1. The van der Waals surface area contributed by atoms with Crippen molar-refractivity contribution < 1.29 is 0 Å². The minimum atomic E-state index is 0.518. The quantitative estimate of drug-likeness (QED) is 0.194. The van der Waals surface area contributed by atoms with E-state index in [1.54, 1.807) is 19.0 Å². The lowest BCUT2D eigenvalue weighted by atomic mass is 9.92. The van der Waals surface area contributed by atoms with Gasteiger partial charge in [-0.2, -0.15) is 0 Å². The molecule has 0 saturated heterocycles. The Morgan fingerprint density at radius 3 is 2.10 bits per heavy atom. The monoisotopic (exact) mass is 662 g/mol. The lowest BCUT2D eigenvalue weighted by molar-refractivity contribution is 0.495. The number of thiophene rings is 1. The summed E-state index contributed by atoms with van der Waals surface area (Å²) in [6.45, 7) is 18.8. The number of aromatic nitrogens is 7. The zero-order chi connectivity index (χ0) is 34.2. The van der Waals surface area contributed by atoms with E-state index >= 15 is 0 Å². The molecule has 252 valence electrons. The van der Waals surface area contributed by atoms with Crippen molar-refractivity contribution >= 4 is 38.3 Å². The van der Waals surface area contributed by atoms with Gasteiger partial charge in [0.2, 0.25) is 0 Å². The first-order valence-corrected chi connectivity index (χ1v) is 18.1. The molecule has 0 spiro atoms. The summed E-state index contributed by atoms with van der Waals surface area (Å²) >= 11 is 1.84. The van der Waals surface area contributed by atoms with Crippen LogP contribution in [0.2, 0.25) is 0 Å². The van der Waals surface area contributed by atoms with Crippen molar-refractivity contribution in [1.82, 2.24) is 34.9 Å². The van der Waals surface area contributed by atoms with Crippen molar-refractivity contribution in [2.45, 2.75) is 91.9 Å². The molecule has 2 N–H and O–H groups in total. The van der Waals surface area contributed by atoms with Gasteiger partial charge in [0.05, 0.1) is 0 Å². The average molecular weight is 663 g/mol.